The van der Waals surface area contributed by atoms with E-state index >= 15 is 0 Å². The second-order valence-electron chi connectivity index (χ2n) is 8.22. The van der Waals surface area contributed by atoms with E-state index in [9.17, 15) is 14.7 Å². The van der Waals surface area contributed by atoms with Crippen LogP contribution < -0.4 is 5.11 Å². The summed E-state index contributed by atoms with van der Waals surface area (Å²) in [5.41, 5.74) is -1.07. The van der Waals surface area contributed by atoms with Crippen LogP contribution in [0.5, 0.6) is 0 Å². The molecule has 0 radical (unpaired) electrons. The number of esters is 2. The van der Waals surface area contributed by atoms with Gasteiger partial charge in [0.2, 0.25) is 6.73 Å². The van der Waals surface area contributed by atoms with Gasteiger partial charge in [0.15, 0.2) is 0 Å². The molecule has 1 aliphatic carbocycles. The molecular weight excluding hydrogens is 358 g/mol. The Morgan fingerprint density at radius 2 is 1.79 bits per heavy atom. The monoisotopic (exact) mass is 389 g/mol. The summed E-state index contributed by atoms with van der Waals surface area (Å²) in [6, 6.07) is 8.81. The first-order chi connectivity index (χ1) is 13.2. The Morgan fingerprint density at radius 1 is 1.18 bits per heavy atom. The highest BCUT2D eigenvalue weighted by molar-refractivity contribution is 5.86. The van der Waals surface area contributed by atoms with Gasteiger partial charge in [-0.25, -0.2) is 4.79 Å². The van der Waals surface area contributed by atoms with Gasteiger partial charge in [0, 0.05) is 11.2 Å². The van der Waals surface area contributed by atoms with Crippen molar-refractivity contribution in [1.82, 2.24) is 0 Å². The lowest BCUT2D eigenvalue weighted by atomic mass is 9.80. The third kappa shape index (κ3) is 5.42. The van der Waals surface area contributed by atoms with Crippen LogP contribution in [0.4, 0.5) is 0 Å². The standard InChI is InChI=1S/C22H31NO5/c1-17(2)20(24)28-16-23(3,4)14-15-27-21(25)22(26,19-12-8-9-13-19)18-10-6-5-7-11-18/h5-7,10-11,19H,1,8-9,12-16H2,2-4H3. The van der Waals surface area contributed by atoms with Crippen molar-refractivity contribution in [1.29, 1.82) is 0 Å². The minimum Gasteiger partial charge on any atom is -0.837 e. The smallest absolute Gasteiger partial charge is 0.337 e. The lowest BCUT2D eigenvalue weighted by Gasteiger charge is -2.43. The molecule has 6 heteroatoms. The van der Waals surface area contributed by atoms with Crippen LogP contribution in [0.15, 0.2) is 42.5 Å². The molecule has 0 bridgehead atoms. The number of likely N-dealkylation sites (N-methyl/N-ethyl adjacent to an activating group) is 1. The zero-order valence-electron chi connectivity index (χ0n) is 17.1. The van der Waals surface area contributed by atoms with Crippen LogP contribution in [0.2, 0.25) is 0 Å². The van der Waals surface area contributed by atoms with Crippen molar-refractivity contribution in [2.75, 3.05) is 34.0 Å². The van der Waals surface area contributed by atoms with Crippen molar-refractivity contribution in [2.45, 2.75) is 38.2 Å². The molecular formula is C22H31NO5. The van der Waals surface area contributed by atoms with Crippen LogP contribution in [0, 0.1) is 5.92 Å². The van der Waals surface area contributed by atoms with Gasteiger partial charge in [-0.2, -0.15) is 0 Å². The largest absolute Gasteiger partial charge is 0.837 e. The average molecular weight is 389 g/mol. The first-order valence-corrected chi connectivity index (χ1v) is 9.74. The van der Waals surface area contributed by atoms with E-state index in [0.29, 0.717) is 22.2 Å². The van der Waals surface area contributed by atoms with Gasteiger partial charge in [0.1, 0.15) is 13.2 Å². The Balaban J connectivity index is 1.98. The van der Waals surface area contributed by atoms with E-state index in [2.05, 4.69) is 6.58 Å². The zero-order chi connectivity index (χ0) is 20.8. The molecule has 154 valence electrons. The molecule has 1 atom stereocenters. The van der Waals surface area contributed by atoms with Gasteiger partial charge in [0.25, 0.3) is 5.97 Å². The van der Waals surface area contributed by atoms with E-state index in [0.717, 1.165) is 25.7 Å². The number of nitrogens with zero attached hydrogens (tertiary/aromatic N) is 1. The number of benzene rings is 1. The number of rotatable bonds is 9. The van der Waals surface area contributed by atoms with Gasteiger partial charge >= 0.3 is 5.97 Å². The summed E-state index contributed by atoms with van der Waals surface area (Å²) in [7, 11) is 3.72. The predicted octanol–water partition coefficient (Wildman–Crippen LogP) is 2.13. The highest BCUT2D eigenvalue weighted by Gasteiger charge is 2.39. The number of carbonyl (C=O) groups is 2. The molecule has 6 nitrogen and oxygen atoms in total. The summed E-state index contributed by atoms with van der Waals surface area (Å²) in [5, 5.41) is 13.7. The summed E-state index contributed by atoms with van der Waals surface area (Å²) in [6.45, 7) is 5.77. The number of carbonyl (C=O) groups excluding carboxylic acids is 2. The summed E-state index contributed by atoms with van der Waals surface area (Å²) in [5.74, 6) is -1.42. The minimum atomic E-state index is -1.87. The maximum absolute atomic E-state index is 13.7. The normalized spacial score (nSPS) is 17.0. The summed E-state index contributed by atoms with van der Waals surface area (Å²) in [6.07, 6.45) is 3.41. The number of ether oxygens (including phenoxy) is 2. The molecule has 0 amide bonds. The minimum absolute atomic E-state index is 0.0833. The van der Waals surface area contributed by atoms with Crippen LogP contribution in [0.3, 0.4) is 0 Å². The lowest BCUT2D eigenvalue weighted by Crippen LogP contribution is -2.55. The first kappa shape index (κ1) is 22.1. The second-order valence-corrected chi connectivity index (χ2v) is 8.22. The molecule has 0 aliphatic heterocycles. The van der Waals surface area contributed by atoms with Crippen molar-refractivity contribution in [3.8, 4) is 0 Å². The Morgan fingerprint density at radius 3 is 2.36 bits per heavy atom. The van der Waals surface area contributed by atoms with Crippen LogP contribution in [-0.2, 0) is 24.7 Å². The number of hydrogen-bond donors (Lipinski definition) is 0. The van der Waals surface area contributed by atoms with Crippen molar-refractivity contribution >= 4 is 11.9 Å². The summed E-state index contributed by atoms with van der Waals surface area (Å²) < 4.78 is 10.9. The Bertz CT molecular complexity index is 694. The quantitative estimate of drug-likeness (QED) is 0.280. The first-order valence-electron chi connectivity index (χ1n) is 9.74. The molecule has 1 unspecified atom stereocenters. The molecule has 2 rings (SSSR count). The molecule has 0 N–H and O–H groups in total. The van der Waals surface area contributed by atoms with Crippen LogP contribution >= 0.6 is 0 Å². The van der Waals surface area contributed by atoms with E-state index in [1.165, 1.54) is 0 Å². The third-order valence-corrected chi connectivity index (χ3v) is 5.26. The summed E-state index contributed by atoms with van der Waals surface area (Å²) in [4.78, 5) is 24.4. The van der Waals surface area contributed by atoms with E-state index in [1.54, 1.807) is 31.2 Å². The van der Waals surface area contributed by atoms with E-state index in [-0.39, 0.29) is 19.3 Å². The molecule has 0 saturated heterocycles. The van der Waals surface area contributed by atoms with Gasteiger partial charge in [-0.15, -0.1) is 0 Å². The van der Waals surface area contributed by atoms with Gasteiger partial charge in [-0.3, -0.25) is 9.28 Å². The van der Waals surface area contributed by atoms with Crippen molar-refractivity contribution in [3.05, 3.63) is 48.0 Å². The van der Waals surface area contributed by atoms with E-state index < -0.39 is 17.5 Å². The highest BCUT2D eigenvalue weighted by atomic mass is 16.6. The molecule has 1 aromatic carbocycles. The van der Waals surface area contributed by atoms with Crippen LogP contribution in [0.1, 0.15) is 38.2 Å². The van der Waals surface area contributed by atoms with Crippen molar-refractivity contribution < 1.29 is 28.7 Å². The SMILES string of the molecule is C=C(C)C(=O)OC[N+](C)(C)CCOC(=O)C([O-])(c1ccccc1)C1CCCC1. The summed E-state index contributed by atoms with van der Waals surface area (Å²) >= 11 is 0. The highest BCUT2D eigenvalue weighted by Crippen LogP contribution is 2.39. The fourth-order valence-electron chi connectivity index (χ4n) is 3.45. The molecule has 0 heterocycles. The third-order valence-electron chi connectivity index (χ3n) is 5.26. The van der Waals surface area contributed by atoms with Crippen LogP contribution in [-0.4, -0.2) is 50.4 Å². The maximum atomic E-state index is 13.7. The molecule has 1 aromatic rings. The Hall–Kier alpha value is -2.18. The fraction of sp³-hybridized carbons (Fsp3) is 0.545. The predicted molar refractivity (Wildman–Crippen MR) is 104 cm³/mol. The van der Waals surface area contributed by atoms with Gasteiger partial charge in [-0.05, 0) is 18.4 Å². The van der Waals surface area contributed by atoms with Gasteiger partial charge in [0.05, 0.1) is 14.1 Å². The average Bonchev–Trinajstić information content (AvgIpc) is 3.21. The van der Waals surface area contributed by atoms with Gasteiger partial charge < -0.3 is 14.6 Å². The van der Waals surface area contributed by atoms with Crippen molar-refractivity contribution in [3.63, 3.8) is 0 Å². The maximum Gasteiger partial charge on any atom is 0.337 e. The second kappa shape index (κ2) is 9.34. The molecule has 1 saturated carbocycles. The Labute approximate surface area is 167 Å². The number of hydrogen-bond acceptors (Lipinski definition) is 5. The van der Waals surface area contributed by atoms with E-state index in [1.807, 2.05) is 20.2 Å². The van der Waals surface area contributed by atoms with Gasteiger partial charge in [-0.1, -0.05) is 62.6 Å². The zero-order valence-corrected chi connectivity index (χ0v) is 17.1. The molecule has 0 spiro atoms. The molecule has 28 heavy (non-hydrogen) atoms. The topological polar surface area (TPSA) is 75.7 Å². The van der Waals surface area contributed by atoms with Crippen LogP contribution in [0.25, 0.3) is 0 Å². The molecule has 0 aromatic heterocycles. The fourth-order valence-corrected chi connectivity index (χ4v) is 3.45. The molecule has 1 aliphatic rings. The number of quaternary nitrogens is 1. The molecule has 1 fully saturated rings. The lowest BCUT2D eigenvalue weighted by molar-refractivity contribution is -0.907. The Kier molecular flexibility index (Phi) is 7.38. The van der Waals surface area contributed by atoms with Crippen molar-refractivity contribution in [2.24, 2.45) is 5.92 Å². The van der Waals surface area contributed by atoms with E-state index in [4.69, 9.17) is 9.47 Å².